The van der Waals surface area contributed by atoms with E-state index in [9.17, 15) is 0 Å². The Balaban J connectivity index is 2.13. The van der Waals surface area contributed by atoms with Crippen molar-refractivity contribution < 1.29 is 0 Å². The molecule has 2 heterocycles. The number of halogens is 1. The summed E-state index contributed by atoms with van der Waals surface area (Å²) in [6.07, 6.45) is 2.40. The van der Waals surface area contributed by atoms with E-state index in [4.69, 9.17) is 0 Å². The average Bonchev–Trinajstić information content (AvgIpc) is 2.89. The third-order valence-electron chi connectivity index (χ3n) is 3.19. The molecule has 0 aliphatic heterocycles. The van der Waals surface area contributed by atoms with E-state index in [2.05, 4.69) is 43.2 Å². The van der Waals surface area contributed by atoms with Crippen LogP contribution < -0.4 is 5.32 Å². The Kier molecular flexibility index (Phi) is 3.40. The summed E-state index contributed by atoms with van der Waals surface area (Å²) in [6, 6.07) is 8.03. The molecule has 5 nitrogen and oxygen atoms in total. The second-order valence-electron chi connectivity index (χ2n) is 4.48. The van der Waals surface area contributed by atoms with Crippen LogP contribution in [-0.2, 0) is 6.42 Å². The molecule has 6 heteroatoms. The zero-order valence-corrected chi connectivity index (χ0v) is 12.8. The summed E-state index contributed by atoms with van der Waals surface area (Å²) in [5.41, 5.74) is 3.13. The van der Waals surface area contributed by atoms with Crippen LogP contribution in [0.2, 0.25) is 0 Å². The van der Waals surface area contributed by atoms with Crippen molar-refractivity contribution in [3.05, 3.63) is 46.3 Å². The van der Waals surface area contributed by atoms with E-state index >= 15 is 0 Å². The fraction of sp³-hybridized carbons (Fsp3) is 0.214. The second-order valence-corrected chi connectivity index (χ2v) is 5.40. The van der Waals surface area contributed by atoms with E-state index in [0.29, 0.717) is 5.78 Å². The molecule has 3 rings (SSSR count). The van der Waals surface area contributed by atoms with Crippen LogP contribution >= 0.6 is 15.9 Å². The van der Waals surface area contributed by atoms with Crippen LogP contribution in [0.25, 0.3) is 5.78 Å². The van der Waals surface area contributed by atoms with Gasteiger partial charge in [-0.15, -0.1) is 0 Å². The topological polar surface area (TPSA) is 55.1 Å². The SMILES string of the molecule is CCc1c(C)nc2ncnn2c1Nc1ccc(Br)cc1. The number of nitrogens with zero attached hydrogens (tertiary/aromatic N) is 4. The van der Waals surface area contributed by atoms with Crippen LogP contribution in [0.3, 0.4) is 0 Å². The van der Waals surface area contributed by atoms with Gasteiger partial charge >= 0.3 is 0 Å². The standard InChI is InChI=1S/C14H14BrN5/c1-3-12-9(2)18-14-16-8-17-20(14)13(12)19-11-6-4-10(15)5-7-11/h4-8,19H,3H2,1-2H3. The molecular weight excluding hydrogens is 318 g/mol. The molecule has 2 aromatic heterocycles. The Morgan fingerprint density at radius 1 is 1.25 bits per heavy atom. The first-order valence-electron chi connectivity index (χ1n) is 6.41. The summed E-state index contributed by atoms with van der Waals surface area (Å²) in [4.78, 5) is 8.63. The minimum absolute atomic E-state index is 0.610. The molecule has 102 valence electrons. The monoisotopic (exact) mass is 331 g/mol. The number of aryl methyl sites for hydroxylation is 1. The molecule has 0 bridgehead atoms. The first-order valence-corrected chi connectivity index (χ1v) is 7.20. The van der Waals surface area contributed by atoms with Gasteiger partial charge < -0.3 is 5.32 Å². The molecular formula is C14H14BrN5. The van der Waals surface area contributed by atoms with Gasteiger partial charge in [0.2, 0.25) is 0 Å². The van der Waals surface area contributed by atoms with E-state index in [0.717, 1.165) is 33.7 Å². The third kappa shape index (κ3) is 2.27. The minimum atomic E-state index is 0.610. The largest absolute Gasteiger partial charge is 0.340 e. The van der Waals surface area contributed by atoms with Crippen LogP contribution in [0.15, 0.2) is 35.1 Å². The lowest BCUT2D eigenvalue weighted by atomic mass is 10.1. The highest BCUT2D eigenvalue weighted by Gasteiger charge is 2.13. The minimum Gasteiger partial charge on any atom is -0.340 e. The fourth-order valence-electron chi connectivity index (χ4n) is 2.21. The number of aromatic nitrogens is 4. The number of anilines is 2. The Morgan fingerprint density at radius 2 is 2.00 bits per heavy atom. The van der Waals surface area contributed by atoms with Crippen LogP contribution in [0.4, 0.5) is 11.5 Å². The Hall–Kier alpha value is -1.95. The predicted molar refractivity (Wildman–Crippen MR) is 82.3 cm³/mol. The van der Waals surface area contributed by atoms with Crippen molar-refractivity contribution in [1.82, 2.24) is 19.6 Å². The zero-order valence-electron chi connectivity index (χ0n) is 11.3. The Bertz CT molecular complexity index is 748. The Labute approximate surface area is 125 Å². The van der Waals surface area contributed by atoms with Gasteiger partial charge in [0, 0.05) is 21.4 Å². The number of benzene rings is 1. The molecule has 3 aromatic rings. The van der Waals surface area contributed by atoms with Gasteiger partial charge in [0.1, 0.15) is 12.1 Å². The molecule has 0 aliphatic carbocycles. The summed E-state index contributed by atoms with van der Waals surface area (Å²) in [7, 11) is 0. The molecule has 1 aromatic carbocycles. The molecule has 0 fully saturated rings. The van der Waals surface area contributed by atoms with Gasteiger partial charge in [-0.1, -0.05) is 22.9 Å². The molecule has 0 saturated carbocycles. The van der Waals surface area contributed by atoms with Crippen molar-refractivity contribution >= 4 is 33.2 Å². The van der Waals surface area contributed by atoms with E-state index in [1.54, 1.807) is 4.52 Å². The quantitative estimate of drug-likeness (QED) is 0.798. The van der Waals surface area contributed by atoms with Gasteiger partial charge in [-0.2, -0.15) is 14.6 Å². The molecule has 0 radical (unpaired) electrons. The molecule has 20 heavy (non-hydrogen) atoms. The smallest absolute Gasteiger partial charge is 0.254 e. The molecule has 0 aliphatic rings. The number of fused-ring (bicyclic) bond motifs is 1. The third-order valence-corrected chi connectivity index (χ3v) is 3.72. The molecule has 0 unspecified atom stereocenters. The maximum atomic E-state index is 4.46. The van der Waals surface area contributed by atoms with E-state index < -0.39 is 0 Å². The maximum absolute atomic E-state index is 4.46. The van der Waals surface area contributed by atoms with Crippen LogP contribution in [0, 0.1) is 6.92 Å². The highest BCUT2D eigenvalue weighted by Crippen LogP contribution is 2.24. The van der Waals surface area contributed by atoms with Gasteiger partial charge in [0.25, 0.3) is 5.78 Å². The number of hydrogen-bond acceptors (Lipinski definition) is 4. The van der Waals surface area contributed by atoms with Gasteiger partial charge in [-0.25, -0.2) is 4.98 Å². The zero-order chi connectivity index (χ0) is 14.1. The molecule has 0 amide bonds. The lowest BCUT2D eigenvalue weighted by Gasteiger charge is -2.14. The van der Waals surface area contributed by atoms with E-state index in [1.807, 2.05) is 31.2 Å². The van der Waals surface area contributed by atoms with Crippen molar-refractivity contribution in [3.63, 3.8) is 0 Å². The fourth-order valence-corrected chi connectivity index (χ4v) is 2.47. The summed E-state index contributed by atoms with van der Waals surface area (Å²) < 4.78 is 2.80. The lowest BCUT2D eigenvalue weighted by molar-refractivity contribution is 0.903. The number of nitrogens with one attached hydrogen (secondary N) is 1. The summed E-state index contributed by atoms with van der Waals surface area (Å²) >= 11 is 3.44. The summed E-state index contributed by atoms with van der Waals surface area (Å²) in [5.74, 6) is 1.54. The lowest BCUT2D eigenvalue weighted by Crippen LogP contribution is -2.08. The van der Waals surface area contributed by atoms with Crippen LogP contribution in [0.5, 0.6) is 0 Å². The van der Waals surface area contributed by atoms with Crippen molar-refractivity contribution in [2.75, 3.05) is 5.32 Å². The van der Waals surface area contributed by atoms with Gasteiger partial charge in [-0.05, 0) is 37.6 Å². The highest BCUT2D eigenvalue weighted by atomic mass is 79.9. The van der Waals surface area contributed by atoms with Crippen molar-refractivity contribution in [2.45, 2.75) is 20.3 Å². The van der Waals surface area contributed by atoms with Gasteiger partial charge in [-0.3, -0.25) is 0 Å². The second kappa shape index (κ2) is 5.20. The highest BCUT2D eigenvalue weighted by molar-refractivity contribution is 9.10. The van der Waals surface area contributed by atoms with Crippen LogP contribution in [0.1, 0.15) is 18.2 Å². The van der Waals surface area contributed by atoms with Crippen molar-refractivity contribution in [2.24, 2.45) is 0 Å². The molecule has 1 N–H and O–H groups in total. The predicted octanol–water partition coefficient (Wildman–Crippen LogP) is 3.50. The van der Waals surface area contributed by atoms with E-state index in [1.165, 1.54) is 6.33 Å². The first kappa shape index (κ1) is 13.1. The summed E-state index contributed by atoms with van der Waals surface area (Å²) in [5, 5.41) is 7.67. The number of hydrogen-bond donors (Lipinski definition) is 1. The maximum Gasteiger partial charge on any atom is 0.254 e. The van der Waals surface area contributed by atoms with Gasteiger partial charge in [0.15, 0.2) is 0 Å². The molecule has 0 atom stereocenters. The van der Waals surface area contributed by atoms with Gasteiger partial charge in [0.05, 0.1) is 0 Å². The normalized spacial score (nSPS) is 10.9. The Morgan fingerprint density at radius 3 is 2.70 bits per heavy atom. The van der Waals surface area contributed by atoms with Crippen molar-refractivity contribution in [1.29, 1.82) is 0 Å². The summed E-state index contributed by atoms with van der Waals surface area (Å²) in [6.45, 7) is 4.11. The molecule has 0 saturated heterocycles. The van der Waals surface area contributed by atoms with E-state index in [-0.39, 0.29) is 0 Å². The van der Waals surface area contributed by atoms with Crippen molar-refractivity contribution in [3.8, 4) is 0 Å². The molecule has 0 spiro atoms. The number of rotatable bonds is 3. The van der Waals surface area contributed by atoms with Crippen LogP contribution in [-0.4, -0.2) is 19.6 Å². The first-order chi connectivity index (χ1) is 9.69. The average molecular weight is 332 g/mol.